The van der Waals surface area contributed by atoms with Gasteiger partial charge in [-0.1, -0.05) is 181 Å². The van der Waals surface area contributed by atoms with Gasteiger partial charge >= 0.3 is 17.9 Å². The number of aliphatic carboxylic acids is 1. The summed E-state index contributed by atoms with van der Waals surface area (Å²) in [6.07, 6.45) is 63.0. The van der Waals surface area contributed by atoms with Crippen LogP contribution < -0.4 is 0 Å². The summed E-state index contributed by atoms with van der Waals surface area (Å²) >= 11 is 0. The smallest absolute Gasteiger partial charge is 0.362 e. The van der Waals surface area contributed by atoms with Crippen LogP contribution in [0.2, 0.25) is 0 Å². The van der Waals surface area contributed by atoms with Crippen LogP contribution in [0.25, 0.3) is 0 Å². The Morgan fingerprint density at radius 2 is 0.859 bits per heavy atom. The Labute approximate surface area is 391 Å². The molecule has 0 aliphatic rings. The third kappa shape index (κ3) is 43.3. The SMILES string of the molecule is CC/C=C/C/C=C/C/C=C/C/C=C/C/C=C/C/C=C/CCC(=O)OC(COCCC(C(=O)O)[N+](C)(C)C)COC(=O)CCCCCCCCCCCCC/C=C/C/C=C/C/C=C/CC. The summed E-state index contributed by atoms with van der Waals surface area (Å²) in [5, 5.41) is 9.65. The lowest BCUT2D eigenvalue weighted by atomic mass is 10.0. The molecule has 0 spiro atoms. The summed E-state index contributed by atoms with van der Waals surface area (Å²) in [6.45, 7) is 4.42. The number of quaternary nitrogens is 1. The van der Waals surface area contributed by atoms with Gasteiger partial charge in [-0.2, -0.15) is 0 Å². The van der Waals surface area contributed by atoms with E-state index in [4.69, 9.17) is 14.2 Å². The highest BCUT2D eigenvalue weighted by molar-refractivity contribution is 5.72. The number of unbranched alkanes of at least 4 members (excludes halogenated alkanes) is 11. The molecular weight excluding hydrogens is 799 g/mol. The number of carbonyl (C=O) groups excluding carboxylic acids is 2. The Morgan fingerprint density at radius 1 is 0.469 bits per heavy atom. The summed E-state index contributed by atoms with van der Waals surface area (Å²) in [4.78, 5) is 37.1. The number of allylic oxidation sites excluding steroid dienone is 18. The van der Waals surface area contributed by atoms with Crippen LogP contribution >= 0.6 is 0 Å². The van der Waals surface area contributed by atoms with Crippen LogP contribution in [0.1, 0.15) is 174 Å². The molecule has 0 heterocycles. The number of carbonyl (C=O) groups is 3. The van der Waals surface area contributed by atoms with Crippen molar-refractivity contribution in [2.24, 2.45) is 0 Å². The van der Waals surface area contributed by atoms with Gasteiger partial charge in [0.25, 0.3) is 0 Å². The molecule has 1 N–H and O–H groups in total. The standard InChI is InChI=1S/C56H91NO7/c1-6-8-10-12-14-16-18-20-22-24-26-27-29-30-32-34-36-38-40-42-44-46-54(58)63-51-52(50-62-49-48-53(56(60)61)57(3,4)5)64-55(59)47-45-43-41-39-37-35-33-31-28-25-23-21-19-17-15-13-11-9-7-2/h8-11,14-17,20-23,28,31,35,37,41,43,52-53H,6-7,12-13,18-19,24-27,29-30,32-34,36,38-40,42,44-51H2,1-5H3/p+1/b10-8+,11-9+,16-14+,17-15+,22-20+,23-21+,31-28+,37-35+,43-41+. The minimum absolute atomic E-state index is 0.0234. The molecule has 0 aliphatic heterocycles. The number of likely N-dealkylation sites (N-methyl/N-ethyl adjacent to an activating group) is 1. The number of esters is 2. The Balaban J connectivity index is 4.38. The summed E-state index contributed by atoms with van der Waals surface area (Å²) in [5.41, 5.74) is 0. The quantitative estimate of drug-likeness (QED) is 0.0282. The molecule has 0 radical (unpaired) electrons. The number of rotatable bonds is 43. The van der Waals surface area contributed by atoms with Crippen molar-refractivity contribution in [2.45, 2.75) is 187 Å². The van der Waals surface area contributed by atoms with Gasteiger partial charge in [-0.25, -0.2) is 4.79 Å². The zero-order valence-corrected chi connectivity index (χ0v) is 41.2. The molecule has 2 atom stereocenters. The topological polar surface area (TPSA) is 99.1 Å². The largest absolute Gasteiger partial charge is 0.477 e. The number of hydrogen-bond donors (Lipinski definition) is 1. The van der Waals surface area contributed by atoms with Crippen LogP contribution in [0.5, 0.6) is 0 Å². The normalized spacial score (nSPS) is 13.8. The van der Waals surface area contributed by atoms with Crippen molar-refractivity contribution < 1.29 is 38.2 Å². The van der Waals surface area contributed by atoms with E-state index >= 15 is 0 Å². The van der Waals surface area contributed by atoms with E-state index in [0.717, 1.165) is 77.0 Å². The highest BCUT2D eigenvalue weighted by atomic mass is 16.6. The molecule has 0 aromatic heterocycles. The van der Waals surface area contributed by atoms with Crippen LogP contribution in [-0.2, 0) is 28.6 Å². The Morgan fingerprint density at radius 3 is 1.28 bits per heavy atom. The first-order valence-corrected chi connectivity index (χ1v) is 24.9. The maximum absolute atomic E-state index is 12.7. The molecule has 0 amide bonds. The molecule has 0 bridgehead atoms. The van der Waals surface area contributed by atoms with Gasteiger partial charge in [0.15, 0.2) is 12.1 Å². The summed E-state index contributed by atoms with van der Waals surface area (Å²) in [5.74, 6) is -1.59. The summed E-state index contributed by atoms with van der Waals surface area (Å²) in [6, 6.07) is -0.635. The minimum atomic E-state index is -0.891. The van der Waals surface area contributed by atoms with Gasteiger partial charge in [0.05, 0.1) is 34.4 Å². The van der Waals surface area contributed by atoms with E-state index < -0.39 is 24.1 Å². The highest BCUT2D eigenvalue weighted by Crippen LogP contribution is 2.14. The van der Waals surface area contributed by atoms with Crippen molar-refractivity contribution in [3.05, 3.63) is 109 Å². The monoisotopic (exact) mass is 891 g/mol. The van der Waals surface area contributed by atoms with Crippen molar-refractivity contribution in [3.63, 3.8) is 0 Å². The molecule has 8 nitrogen and oxygen atoms in total. The van der Waals surface area contributed by atoms with Crippen LogP contribution in [0.3, 0.4) is 0 Å². The number of nitrogens with zero attached hydrogens (tertiary/aromatic N) is 1. The first-order chi connectivity index (χ1) is 31.1. The van der Waals surface area contributed by atoms with Gasteiger partial charge in [-0.15, -0.1) is 0 Å². The second-order valence-electron chi connectivity index (χ2n) is 17.3. The van der Waals surface area contributed by atoms with Crippen molar-refractivity contribution in [1.82, 2.24) is 0 Å². The van der Waals surface area contributed by atoms with Crippen molar-refractivity contribution in [1.29, 1.82) is 0 Å². The fourth-order valence-electron chi connectivity index (χ4n) is 6.66. The molecule has 2 unspecified atom stereocenters. The van der Waals surface area contributed by atoms with E-state index in [1.54, 1.807) is 0 Å². The third-order valence-electron chi connectivity index (χ3n) is 10.4. The van der Waals surface area contributed by atoms with Crippen LogP contribution in [0.15, 0.2) is 109 Å². The lowest BCUT2D eigenvalue weighted by Crippen LogP contribution is -2.50. The maximum atomic E-state index is 12.7. The van der Waals surface area contributed by atoms with Gasteiger partial charge in [0.1, 0.15) is 6.61 Å². The van der Waals surface area contributed by atoms with E-state index in [9.17, 15) is 19.5 Å². The number of carboxylic acid groups (broad SMARTS) is 1. The van der Waals surface area contributed by atoms with E-state index in [1.165, 1.54) is 57.8 Å². The first-order valence-electron chi connectivity index (χ1n) is 24.9. The van der Waals surface area contributed by atoms with E-state index in [-0.39, 0.29) is 36.7 Å². The highest BCUT2D eigenvalue weighted by Gasteiger charge is 2.31. The molecule has 362 valence electrons. The molecule has 0 saturated carbocycles. The fourth-order valence-corrected chi connectivity index (χ4v) is 6.66. The lowest BCUT2D eigenvalue weighted by Gasteiger charge is -2.31. The average Bonchev–Trinajstić information content (AvgIpc) is 3.26. The van der Waals surface area contributed by atoms with Gasteiger partial charge in [-0.3, -0.25) is 9.59 Å². The molecule has 64 heavy (non-hydrogen) atoms. The van der Waals surface area contributed by atoms with E-state index in [0.29, 0.717) is 19.3 Å². The van der Waals surface area contributed by atoms with Gasteiger partial charge in [0.2, 0.25) is 0 Å². The van der Waals surface area contributed by atoms with Crippen molar-refractivity contribution >= 4 is 17.9 Å². The molecule has 0 aliphatic carbocycles. The van der Waals surface area contributed by atoms with Crippen LogP contribution in [0.4, 0.5) is 0 Å². The zero-order valence-electron chi connectivity index (χ0n) is 41.2. The Hall–Kier alpha value is -4.01. The fraction of sp³-hybridized carbons (Fsp3) is 0.625. The predicted octanol–water partition coefficient (Wildman–Crippen LogP) is 14.4. The second kappa shape index (κ2) is 45.6. The number of hydrogen-bond acceptors (Lipinski definition) is 6. The van der Waals surface area contributed by atoms with Crippen LogP contribution in [-0.4, -0.2) is 80.6 Å². The average molecular weight is 891 g/mol. The van der Waals surface area contributed by atoms with E-state index in [1.807, 2.05) is 33.3 Å². The van der Waals surface area contributed by atoms with Crippen molar-refractivity contribution in [3.8, 4) is 0 Å². The molecule has 0 aromatic carbocycles. The predicted molar refractivity (Wildman–Crippen MR) is 270 cm³/mol. The molecular formula is C56H92NO7+. The van der Waals surface area contributed by atoms with Gasteiger partial charge in [0, 0.05) is 19.3 Å². The Bertz CT molecular complexity index is 1410. The molecule has 0 fully saturated rings. The van der Waals surface area contributed by atoms with Gasteiger partial charge < -0.3 is 23.8 Å². The second-order valence-corrected chi connectivity index (χ2v) is 17.3. The third-order valence-corrected chi connectivity index (χ3v) is 10.4. The van der Waals surface area contributed by atoms with Crippen LogP contribution in [0, 0.1) is 0 Å². The summed E-state index contributed by atoms with van der Waals surface area (Å²) in [7, 11) is 5.50. The van der Waals surface area contributed by atoms with Crippen molar-refractivity contribution in [2.75, 3.05) is 41.0 Å². The summed E-state index contributed by atoms with van der Waals surface area (Å²) < 4.78 is 17.2. The Kier molecular flexibility index (Phi) is 42.7. The molecule has 0 rings (SSSR count). The molecule has 8 heteroatoms. The number of ether oxygens (including phenoxy) is 3. The lowest BCUT2D eigenvalue weighted by molar-refractivity contribution is -0.887. The molecule has 0 aromatic rings. The molecule has 0 saturated heterocycles. The first kappa shape index (κ1) is 60.0. The van der Waals surface area contributed by atoms with E-state index in [2.05, 4.69) is 111 Å². The zero-order chi connectivity index (χ0) is 47.0. The minimum Gasteiger partial charge on any atom is -0.477 e. The number of carboxylic acids is 1. The van der Waals surface area contributed by atoms with Gasteiger partial charge in [-0.05, 0) is 83.5 Å². The maximum Gasteiger partial charge on any atom is 0.362 e.